The molecule has 0 bridgehead atoms. The number of aromatic nitrogens is 2. The average molecular weight is 252 g/mol. The molecule has 7 heteroatoms. The summed E-state index contributed by atoms with van der Waals surface area (Å²) in [6, 6.07) is 0. The number of piperazine rings is 1. The van der Waals surface area contributed by atoms with Crippen LogP contribution in [0.4, 0.5) is 0 Å². The van der Waals surface area contributed by atoms with Gasteiger partial charge in [-0.05, 0) is 6.92 Å². The van der Waals surface area contributed by atoms with Crippen molar-refractivity contribution >= 4 is 6.21 Å². The van der Waals surface area contributed by atoms with Gasteiger partial charge in [-0.2, -0.15) is 5.10 Å². The number of nitrogens with zero attached hydrogens (tertiary/aromatic N) is 2. The highest BCUT2D eigenvalue weighted by atomic mass is 16.2. The van der Waals surface area contributed by atoms with Crippen LogP contribution in [0.5, 0.6) is 0 Å². The third-order valence-corrected chi connectivity index (χ3v) is 3.12. The van der Waals surface area contributed by atoms with Gasteiger partial charge in [0, 0.05) is 5.69 Å². The molecule has 1 saturated heterocycles. The summed E-state index contributed by atoms with van der Waals surface area (Å²) in [5.41, 5.74) is 0.0470. The van der Waals surface area contributed by atoms with E-state index >= 15 is 0 Å². The Morgan fingerprint density at radius 2 is 1.94 bits per heavy atom. The number of H-pyrrole nitrogens is 2. The van der Waals surface area contributed by atoms with E-state index in [0.717, 1.165) is 26.2 Å². The van der Waals surface area contributed by atoms with E-state index in [-0.39, 0.29) is 0 Å². The van der Waals surface area contributed by atoms with Gasteiger partial charge in [-0.1, -0.05) is 0 Å². The Hall–Kier alpha value is -1.89. The van der Waals surface area contributed by atoms with Crippen LogP contribution in [0.2, 0.25) is 0 Å². The zero-order valence-corrected chi connectivity index (χ0v) is 10.6. The summed E-state index contributed by atoms with van der Waals surface area (Å²) in [5.74, 6) is 0. The van der Waals surface area contributed by atoms with Crippen LogP contribution >= 0.6 is 0 Å². The Balaban J connectivity index is 2.14. The van der Waals surface area contributed by atoms with Crippen LogP contribution in [0, 0.1) is 6.92 Å². The summed E-state index contributed by atoms with van der Waals surface area (Å²) < 4.78 is 0. The number of hydrazone groups is 1. The first-order valence-corrected chi connectivity index (χ1v) is 5.99. The molecule has 0 atom stereocenters. The molecule has 0 radical (unpaired) electrons. The van der Waals surface area contributed by atoms with Gasteiger partial charge in [-0.25, -0.2) is 4.79 Å². The van der Waals surface area contributed by atoms with Crippen molar-refractivity contribution in [2.75, 3.05) is 33.2 Å². The van der Waals surface area contributed by atoms with Crippen molar-refractivity contribution in [1.82, 2.24) is 15.0 Å². The van der Waals surface area contributed by atoms with Crippen LogP contribution in [0.3, 0.4) is 0 Å². The smallest absolute Gasteiger partial charge is 0.325 e. The van der Waals surface area contributed by atoms with Crippen molar-refractivity contribution in [3.63, 3.8) is 0 Å². The van der Waals surface area contributed by atoms with Gasteiger partial charge in [-0.15, -0.1) is 0 Å². The highest BCUT2D eigenvalue weighted by molar-refractivity contribution is 5.79. The summed E-state index contributed by atoms with van der Waals surface area (Å²) in [5, 5.41) is 6.23. The monoisotopic (exact) mass is 252 g/mol. The molecule has 3 N–H and O–H groups in total. The molecule has 7 nitrogen and oxygen atoms in total. The molecular formula is C11H18N5O2+. The first-order chi connectivity index (χ1) is 8.56. The van der Waals surface area contributed by atoms with Gasteiger partial charge in [0.1, 0.15) is 0 Å². The van der Waals surface area contributed by atoms with Gasteiger partial charge in [0.15, 0.2) is 0 Å². The summed E-state index contributed by atoms with van der Waals surface area (Å²) in [6.07, 6.45) is 1.52. The van der Waals surface area contributed by atoms with E-state index in [2.05, 4.69) is 22.1 Å². The van der Waals surface area contributed by atoms with Gasteiger partial charge < -0.3 is 9.88 Å². The summed E-state index contributed by atoms with van der Waals surface area (Å²) >= 11 is 0. The second-order valence-electron chi connectivity index (χ2n) is 4.60. The second-order valence-corrected chi connectivity index (χ2v) is 4.60. The Bertz CT molecular complexity index is 551. The topological polar surface area (TPSA) is 85.8 Å². The van der Waals surface area contributed by atoms with Gasteiger partial charge in [0.05, 0.1) is 45.0 Å². The van der Waals surface area contributed by atoms with Crippen molar-refractivity contribution in [2.24, 2.45) is 5.10 Å². The minimum Gasteiger partial charge on any atom is -0.334 e. The fourth-order valence-corrected chi connectivity index (χ4v) is 1.90. The molecule has 1 aromatic rings. The number of aromatic amines is 2. The van der Waals surface area contributed by atoms with Crippen molar-refractivity contribution in [3.05, 3.63) is 32.1 Å². The van der Waals surface area contributed by atoms with E-state index in [1.54, 1.807) is 6.92 Å². The molecule has 0 amide bonds. The number of aryl methyl sites for hydroxylation is 1. The van der Waals surface area contributed by atoms with Crippen LogP contribution in [-0.4, -0.2) is 54.4 Å². The van der Waals surface area contributed by atoms with E-state index in [0.29, 0.717) is 11.3 Å². The molecule has 0 aliphatic carbocycles. The number of hydrogen-bond donors (Lipinski definition) is 3. The third-order valence-electron chi connectivity index (χ3n) is 3.12. The van der Waals surface area contributed by atoms with Gasteiger partial charge in [0.2, 0.25) is 0 Å². The largest absolute Gasteiger partial charge is 0.334 e. The molecule has 1 aliphatic heterocycles. The molecule has 0 unspecified atom stereocenters. The summed E-state index contributed by atoms with van der Waals surface area (Å²) in [6.45, 7) is 5.52. The van der Waals surface area contributed by atoms with E-state index in [4.69, 9.17) is 0 Å². The SMILES string of the molecule is Cc1[nH]c(=O)[nH]c(=O)c1/C=N/N1CC[NH+](C)CC1. The maximum atomic E-state index is 11.6. The summed E-state index contributed by atoms with van der Waals surface area (Å²) in [4.78, 5) is 28.9. The van der Waals surface area contributed by atoms with Crippen LogP contribution < -0.4 is 16.1 Å². The Morgan fingerprint density at radius 3 is 2.56 bits per heavy atom. The molecule has 1 aliphatic rings. The molecule has 98 valence electrons. The Kier molecular flexibility index (Phi) is 3.61. The van der Waals surface area contributed by atoms with Crippen molar-refractivity contribution in [1.29, 1.82) is 0 Å². The van der Waals surface area contributed by atoms with E-state index in [1.165, 1.54) is 11.1 Å². The number of quaternary nitrogens is 1. The van der Waals surface area contributed by atoms with Crippen LogP contribution in [-0.2, 0) is 0 Å². The summed E-state index contributed by atoms with van der Waals surface area (Å²) in [7, 11) is 2.15. The van der Waals surface area contributed by atoms with Crippen LogP contribution in [0.25, 0.3) is 0 Å². The maximum Gasteiger partial charge on any atom is 0.325 e. The second kappa shape index (κ2) is 5.18. The number of hydrogen-bond acceptors (Lipinski definition) is 4. The lowest BCUT2D eigenvalue weighted by atomic mass is 10.2. The van der Waals surface area contributed by atoms with E-state index in [9.17, 15) is 9.59 Å². The lowest BCUT2D eigenvalue weighted by Crippen LogP contribution is -3.11. The predicted octanol–water partition coefficient (Wildman–Crippen LogP) is -2.46. The Morgan fingerprint density at radius 1 is 1.28 bits per heavy atom. The van der Waals surface area contributed by atoms with Gasteiger partial charge in [-0.3, -0.25) is 14.8 Å². The number of nitrogens with one attached hydrogen (secondary N) is 3. The molecule has 2 rings (SSSR count). The highest BCUT2D eigenvalue weighted by Crippen LogP contribution is 1.94. The lowest BCUT2D eigenvalue weighted by Gasteiger charge is -2.27. The minimum atomic E-state index is -0.488. The van der Waals surface area contributed by atoms with Gasteiger partial charge in [0.25, 0.3) is 5.56 Å². The first-order valence-electron chi connectivity index (χ1n) is 5.99. The van der Waals surface area contributed by atoms with Crippen molar-refractivity contribution in [2.45, 2.75) is 6.92 Å². The molecule has 1 fully saturated rings. The standard InChI is InChI=1S/C11H17N5O2/c1-8-9(10(17)14-11(18)13-8)7-12-16-5-3-15(2)4-6-16/h7H,3-6H2,1-2H3,(H2,13,14,17,18)/p+1/b12-7+. The number of likely N-dealkylation sites (N-methyl/N-ethyl adjacent to an activating group) is 1. The zero-order chi connectivity index (χ0) is 13.1. The van der Waals surface area contributed by atoms with E-state index < -0.39 is 11.2 Å². The Labute approximate surface area is 104 Å². The zero-order valence-electron chi connectivity index (χ0n) is 10.6. The van der Waals surface area contributed by atoms with Crippen LogP contribution in [0.15, 0.2) is 14.7 Å². The predicted molar refractivity (Wildman–Crippen MR) is 68.2 cm³/mol. The normalized spacial score (nSPS) is 17.6. The third kappa shape index (κ3) is 2.86. The molecule has 18 heavy (non-hydrogen) atoms. The van der Waals surface area contributed by atoms with Crippen molar-refractivity contribution < 1.29 is 4.90 Å². The van der Waals surface area contributed by atoms with Crippen LogP contribution in [0.1, 0.15) is 11.3 Å². The van der Waals surface area contributed by atoms with E-state index in [1.807, 2.05) is 5.01 Å². The average Bonchev–Trinajstić information content (AvgIpc) is 2.30. The molecule has 0 spiro atoms. The number of rotatable bonds is 2. The fourth-order valence-electron chi connectivity index (χ4n) is 1.90. The quantitative estimate of drug-likeness (QED) is 0.510. The fraction of sp³-hybridized carbons (Fsp3) is 0.545. The van der Waals surface area contributed by atoms with Gasteiger partial charge >= 0.3 is 5.69 Å². The molecular weight excluding hydrogens is 234 g/mol. The van der Waals surface area contributed by atoms with Crippen molar-refractivity contribution in [3.8, 4) is 0 Å². The first kappa shape index (κ1) is 12.6. The minimum absolute atomic E-state index is 0.403. The molecule has 1 aromatic heterocycles. The molecule has 0 aromatic carbocycles. The molecule has 0 saturated carbocycles. The molecule has 2 heterocycles. The maximum absolute atomic E-state index is 11.6. The lowest BCUT2D eigenvalue weighted by molar-refractivity contribution is -0.884. The highest BCUT2D eigenvalue weighted by Gasteiger charge is 2.14.